The van der Waals surface area contributed by atoms with Crippen molar-refractivity contribution in [1.82, 2.24) is 4.90 Å². The summed E-state index contributed by atoms with van der Waals surface area (Å²) in [5, 5.41) is 0. The van der Waals surface area contributed by atoms with E-state index < -0.39 is 0 Å². The Morgan fingerprint density at radius 2 is 1.65 bits per heavy atom. The van der Waals surface area contributed by atoms with Crippen LogP contribution < -0.4 is 5.73 Å². The molecule has 1 aromatic carbocycles. The van der Waals surface area contributed by atoms with Gasteiger partial charge in [0.2, 0.25) is 0 Å². The van der Waals surface area contributed by atoms with E-state index in [1.54, 1.807) is 0 Å². The smallest absolute Gasteiger partial charge is 0.0510 e. The largest absolute Gasteiger partial charge is 0.321 e. The molecule has 2 nitrogen and oxygen atoms in total. The molecule has 0 aliphatic rings. The third kappa shape index (κ3) is 3.55. The van der Waals surface area contributed by atoms with Gasteiger partial charge in [-0.2, -0.15) is 0 Å². The molecule has 0 saturated carbocycles. The summed E-state index contributed by atoms with van der Waals surface area (Å²) in [6.45, 7) is 9.69. The predicted molar refractivity (Wildman–Crippen MR) is 75.0 cm³/mol. The van der Waals surface area contributed by atoms with E-state index in [0.717, 1.165) is 13.0 Å². The number of rotatable bonds is 5. The second-order valence-corrected chi connectivity index (χ2v) is 5.81. The second-order valence-electron chi connectivity index (χ2n) is 5.81. The van der Waals surface area contributed by atoms with E-state index in [9.17, 15) is 0 Å². The van der Waals surface area contributed by atoms with Gasteiger partial charge in [-0.05, 0) is 39.8 Å². The fraction of sp³-hybridized carbons (Fsp3) is 0.600. The fourth-order valence-electron chi connectivity index (χ4n) is 1.89. The van der Waals surface area contributed by atoms with Crippen molar-refractivity contribution in [2.75, 3.05) is 13.6 Å². The van der Waals surface area contributed by atoms with Gasteiger partial charge in [-0.1, -0.05) is 37.3 Å². The molecule has 0 amide bonds. The summed E-state index contributed by atoms with van der Waals surface area (Å²) in [6, 6.07) is 10.3. The minimum atomic E-state index is -0.303. The summed E-state index contributed by atoms with van der Waals surface area (Å²) < 4.78 is 0. The summed E-state index contributed by atoms with van der Waals surface area (Å²) in [6.07, 6.45) is 1.12. The summed E-state index contributed by atoms with van der Waals surface area (Å²) in [5.41, 5.74) is 7.53. The van der Waals surface area contributed by atoms with Crippen LogP contribution in [0.25, 0.3) is 0 Å². The first kappa shape index (κ1) is 14.2. The van der Waals surface area contributed by atoms with E-state index in [1.165, 1.54) is 5.56 Å². The Morgan fingerprint density at radius 1 is 1.12 bits per heavy atom. The Labute approximate surface area is 106 Å². The average Bonchev–Trinajstić information content (AvgIpc) is 2.29. The van der Waals surface area contributed by atoms with Crippen LogP contribution in [0.15, 0.2) is 30.3 Å². The Kier molecular flexibility index (Phi) is 4.34. The summed E-state index contributed by atoms with van der Waals surface area (Å²) in [4.78, 5) is 2.35. The molecule has 17 heavy (non-hydrogen) atoms. The molecule has 1 atom stereocenters. The topological polar surface area (TPSA) is 29.3 Å². The van der Waals surface area contributed by atoms with Crippen molar-refractivity contribution in [2.45, 2.75) is 45.2 Å². The van der Waals surface area contributed by atoms with E-state index in [-0.39, 0.29) is 11.1 Å². The van der Waals surface area contributed by atoms with E-state index in [0.29, 0.717) is 0 Å². The molecule has 2 N–H and O–H groups in total. The van der Waals surface area contributed by atoms with Crippen molar-refractivity contribution < 1.29 is 0 Å². The zero-order chi connectivity index (χ0) is 13.1. The van der Waals surface area contributed by atoms with Crippen LogP contribution in [0.5, 0.6) is 0 Å². The highest BCUT2D eigenvalue weighted by molar-refractivity contribution is 5.23. The molecule has 0 aliphatic heterocycles. The normalized spacial score (nSPS) is 15.9. The first-order valence-corrected chi connectivity index (χ1v) is 6.35. The number of benzene rings is 1. The van der Waals surface area contributed by atoms with E-state index in [4.69, 9.17) is 5.73 Å². The van der Waals surface area contributed by atoms with Crippen LogP contribution in [0.3, 0.4) is 0 Å². The Bertz CT molecular complexity index is 341. The van der Waals surface area contributed by atoms with Crippen LogP contribution in [0, 0.1) is 0 Å². The molecule has 0 aliphatic carbocycles. The number of nitrogens with zero attached hydrogens (tertiary/aromatic N) is 1. The number of nitrogens with two attached hydrogens (primary N) is 1. The van der Waals surface area contributed by atoms with Gasteiger partial charge in [0.15, 0.2) is 0 Å². The first-order valence-electron chi connectivity index (χ1n) is 6.35. The quantitative estimate of drug-likeness (QED) is 0.848. The third-order valence-electron chi connectivity index (χ3n) is 3.90. The van der Waals surface area contributed by atoms with Crippen LogP contribution in [0.2, 0.25) is 0 Å². The highest BCUT2D eigenvalue weighted by atomic mass is 15.2. The van der Waals surface area contributed by atoms with E-state index in [1.807, 2.05) is 18.2 Å². The van der Waals surface area contributed by atoms with Gasteiger partial charge >= 0.3 is 0 Å². The molecular formula is C15H26N2. The maximum Gasteiger partial charge on any atom is 0.0510 e. The Hall–Kier alpha value is -0.860. The molecule has 0 heterocycles. The van der Waals surface area contributed by atoms with Crippen molar-refractivity contribution in [2.24, 2.45) is 5.73 Å². The molecule has 1 aromatic rings. The molecule has 1 rings (SSSR count). The molecule has 0 saturated heterocycles. The number of hydrogen-bond donors (Lipinski definition) is 1. The molecule has 2 heteroatoms. The second kappa shape index (κ2) is 5.19. The van der Waals surface area contributed by atoms with Gasteiger partial charge in [-0.25, -0.2) is 0 Å². The van der Waals surface area contributed by atoms with Crippen LogP contribution >= 0.6 is 0 Å². The minimum Gasteiger partial charge on any atom is -0.321 e. The van der Waals surface area contributed by atoms with Crippen molar-refractivity contribution >= 4 is 0 Å². The lowest BCUT2D eigenvalue weighted by molar-refractivity contribution is 0.120. The van der Waals surface area contributed by atoms with Gasteiger partial charge in [0.05, 0.1) is 5.54 Å². The summed E-state index contributed by atoms with van der Waals surface area (Å²) >= 11 is 0. The summed E-state index contributed by atoms with van der Waals surface area (Å²) in [7, 11) is 2.15. The summed E-state index contributed by atoms with van der Waals surface area (Å²) in [5.74, 6) is 0. The van der Waals surface area contributed by atoms with Gasteiger partial charge in [0.25, 0.3) is 0 Å². The van der Waals surface area contributed by atoms with Gasteiger partial charge in [-0.15, -0.1) is 0 Å². The molecule has 96 valence electrons. The lowest BCUT2D eigenvalue weighted by atomic mass is 9.90. The number of hydrogen-bond acceptors (Lipinski definition) is 2. The zero-order valence-electron chi connectivity index (χ0n) is 11.8. The molecular weight excluding hydrogens is 208 g/mol. The standard InChI is InChI=1S/C15H26N2/c1-6-14(2,3)17(5)12-15(4,16)13-10-8-7-9-11-13/h7-11H,6,12,16H2,1-5H3. The maximum atomic E-state index is 6.45. The monoisotopic (exact) mass is 234 g/mol. The molecule has 1 unspecified atom stereocenters. The van der Waals surface area contributed by atoms with Gasteiger partial charge in [-0.3, -0.25) is 4.90 Å². The fourth-order valence-corrected chi connectivity index (χ4v) is 1.89. The number of likely N-dealkylation sites (N-methyl/N-ethyl adjacent to an activating group) is 1. The van der Waals surface area contributed by atoms with Crippen molar-refractivity contribution in [1.29, 1.82) is 0 Å². The van der Waals surface area contributed by atoms with Gasteiger partial charge < -0.3 is 5.73 Å². The van der Waals surface area contributed by atoms with Crippen LogP contribution in [0.1, 0.15) is 39.7 Å². The van der Waals surface area contributed by atoms with Crippen molar-refractivity contribution in [3.8, 4) is 0 Å². The van der Waals surface area contributed by atoms with Crippen molar-refractivity contribution in [3.63, 3.8) is 0 Å². The third-order valence-corrected chi connectivity index (χ3v) is 3.90. The van der Waals surface area contributed by atoms with Gasteiger partial charge in [0.1, 0.15) is 0 Å². The maximum absolute atomic E-state index is 6.45. The van der Waals surface area contributed by atoms with Crippen LogP contribution in [-0.2, 0) is 5.54 Å². The lowest BCUT2D eigenvalue weighted by Gasteiger charge is -2.40. The van der Waals surface area contributed by atoms with E-state index >= 15 is 0 Å². The first-order chi connectivity index (χ1) is 7.79. The molecule has 0 fully saturated rings. The lowest BCUT2D eigenvalue weighted by Crippen LogP contribution is -2.51. The van der Waals surface area contributed by atoms with Crippen LogP contribution in [-0.4, -0.2) is 24.0 Å². The highest BCUT2D eigenvalue weighted by Crippen LogP contribution is 2.23. The molecule has 0 aromatic heterocycles. The molecule has 0 bridgehead atoms. The SMILES string of the molecule is CCC(C)(C)N(C)CC(C)(N)c1ccccc1. The van der Waals surface area contributed by atoms with Gasteiger partial charge in [0, 0.05) is 12.1 Å². The molecule has 0 spiro atoms. The Morgan fingerprint density at radius 3 is 2.12 bits per heavy atom. The molecule has 0 radical (unpaired) electrons. The zero-order valence-corrected chi connectivity index (χ0v) is 11.8. The highest BCUT2D eigenvalue weighted by Gasteiger charge is 2.29. The van der Waals surface area contributed by atoms with Crippen LogP contribution in [0.4, 0.5) is 0 Å². The minimum absolute atomic E-state index is 0.190. The average molecular weight is 234 g/mol. The predicted octanol–water partition coefficient (Wildman–Crippen LogP) is 2.98. The van der Waals surface area contributed by atoms with Crippen molar-refractivity contribution in [3.05, 3.63) is 35.9 Å². The Balaban J connectivity index is 2.80. The van der Waals surface area contributed by atoms with E-state index in [2.05, 4.69) is 51.8 Å².